The SMILES string of the molecule is CC[C@H](C)N1C(=O)/C(=C/c2c(N3CCN(c4ccc(OC)cc4)CC3)nc3ccccn3c2=O)SC1=S. The van der Waals surface area contributed by atoms with Crippen LogP contribution in [0.25, 0.3) is 11.7 Å². The summed E-state index contributed by atoms with van der Waals surface area (Å²) in [6.07, 6.45) is 4.18. The molecule has 8 nitrogen and oxygen atoms in total. The Morgan fingerprint density at radius 2 is 1.78 bits per heavy atom. The van der Waals surface area contributed by atoms with Crippen LogP contribution in [0.15, 0.2) is 58.4 Å². The molecule has 0 bridgehead atoms. The van der Waals surface area contributed by atoms with Crippen molar-refractivity contribution >= 4 is 57.4 Å². The smallest absolute Gasteiger partial charge is 0.267 e. The number of carbonyl (C=O) groups is 1. The molecule has 3 aromatic rings. The van der Waals surface area contributed by atoms with Crippen LogP contribution in [0.4, 0.5) is 11.5 Å². The minimum atomic E-state index is -0.202. The van der Waals surface area contributed by atoms with Gasteiger partial charge in [-0.25, -0.2) is 4.98 Å². The maximum absolute atomic E-state index is 13.6. The van der Waals surface area contributed by atoms with Crippen LogP contribution in [-0.2, 0) is 4.79 Å². The standard InChI is InChI=1S/C27H29N5O3S2/c1-4-18(2)32-26(34)22(37-27(32)36)17-21-24(28-23-7-5-6-12-31(23)25(21)33)30-15-13-29(14-16-30)19-8-10-20(35-3)11-9-19/h5-12,17-18H,4,13-16H2,1-3H3/b22-17-/t18-/m0/s1. The lowest BCUT2D eigenvalue weighted by Gasteiger charge is -2.37. The third-order valence-electron chi connectivity index (χ3n) is 6.90. The first-order chi connectivity index (χ1) is 17.9. The summed E-state index contributed by atoms with van der Waals surface area (Å²) < 4.78 is 7.33. The molecule has 2 aliphatic heterocycles. The molecule has 0 saturated carbocycles. The number of aromatic nitrogens is 2. The van der Waals surface area contributed by atoms with Gasteiger partial charge in [0.1, 0.15) is 21.5 Å². The molecule has 0 radical (unpaired) electrons. The number of carbonyl (C=O) groups excluding carboxylic acids is 1. The van der Waals surface area contributed by atoms with Gasteiger partial charge in [-0.2, -0.15) is 0 Å². The van der Waals surface area contributed by atoms with E-state index < -0.39 is 0 Å². The van der Waals surface area contributed by atoms with Gasteiger partial charge in [0, 0.05) is 44.1 Å². The number of nitrogens with zero attached hydrogens (tertiary/aromatic N) is 5. The number of benzene rings is 1. The van der Waals surface area contributed by atoms with E-state index in [1.807, 2.05) is 38.1 Å². The summed E-state index contributed by atoms with van der Waals surface area (Å²) in [4.78, 5) is 38.3. The first-order valence-corrected chi connectivity index (χ1v) is 13.6. The van der Waals surface area contributed by atoms with E-state index in [-0.39, 0.29) is 17.5 Å². The normalized spacial score (nSPS) is 18.2. The molecule has 192 valence electrons. The molecule has 2 aliphatic rings. The zero-order valence-electron chi connectivity index (χ0n) is 21.1. The van der Waals surface area contributed by atoms with Crippen LogP contribution in [0.2, 0.25) is 0 Å². The minimum Gasteiger partial charge on any atom is -0.497 e. The predicted octanol–water partition coefficient (Wildman–Crippen LogP) is 4.03. The maximum atomic E-state index is 13.6. The summed E-state index contributed by atoms with van der Waals surface area (Å²) in [5.41, 5.74) is 1.91. The van der Waals surface area contributed by atoms with Crippen LogP contribution in [-0.4, -0.2) is 63.8 Å². The number of thiocarbonyl (C=S) groups is 1. The molecule has 4 heterocycles. The van der Waals surface area contributed by atoms with E-state index in [0.717, 1.165) is 30.9 Å². The Bertz CT molecular complexity index is 1430. The van der Waals surface area contributed by atoms with Crippen LogP contribution in [0.1, 0.15) is 25.8 Å². The van der Waals surface area contributed by atoms with E-state index in [2.05, 4.69) is 21.9 Å². The number of methoxy groups -OCH3 is 1. The lowest BCUT2D eigenvalue weighted by Crippen LogP contribution is -2.47. The molecule has 0 aliphatic carbocycles. The van der Waals surface area contributed by atoms with Gasteiger partial charge in [-0.15, -0.1) is 0 Å². The van der Waals surface area contributed by atoms with Gasteiger partial charge in [0.2, 0.25) is 0 Å². The molecule has 0 spiro atoms. The molecule has 2 fully saturated rings. The number of hydrogen-bond acceptors (Lipinski definition) is 8. The van der Waals surface area contributed by atoms with Crippen LogP contribution < -0.4 is 20.1 Å². The highest BCUT2D eigenvalue weighted by molar-refractivity contribution is 8.26. The lowest BCUT2D eigenvalue weighted by molar-refractivity contribution is -0.123. The van der Waals surface area contributed by atoms with Crippen molar-refractivity contribution in [1.29, 1.82) is 0 Å². The molecule has 37 heavy (non-hydrogen) atoms. The number of hydrogen-bond donors (Lipinski definition) is 0. The van der Waals surface area contributed by atoms with Gasteiger partial charge in [-0.05, 0) is 55.8 Å². The summed E-state index contributed by atoms with van der Waals surface area (Å²) >= 11 is 6.75. The number of ether oxygens (including phenoxy) is 1. The summed E-state index contributed by atoms with van der Waals surface area (Å²) in [5.74, 6) is 1.27. The minimum absolute atomic E-state index is 0.000252. The van der Waals surface area contributed by atoms with Crippen molar-refractivity contribution in [3.8, 4) is 5.75 Å². The fraction of sp³-hybridized carbons (Fsp3) is 0.333. The highest BCUT2D eigenvalue weighted by atomic mass is 32.2. The Hall–Kier alpha value is -3.37. The number of fused-ring (bicyclic) bond motifs is 1. The zero-order chi connectivity index (χ0) is 26.1. The summed E-state index contributed by atoms with van der Waals surface area (Å²) in [5, 5.41) is 0. The number of pyridine rings is 1. The fourth-order valence-electron chi connectivity index (χ4n) is 4.60. The largest absolute Gasteiger partial charge is 0.497 e. The number of anilines is 2. The van der Waals surface area contributed by atoms with Gasteiger partial charge < -0.3 is 14.5 Å². The Labute approximate surface area is 225 Å². The van der Waals surface area contributed by atoms with Crippen molar-refractivity contribution in [2.45, 2.75) is 26.3 Å². The lowest BCUT2D eigenvalue weighted by atomic mass is 10.2. The highest BCUT2D eigenvalue weighted by Gasteiger charge is 2.35. The van der Waals surface area contributed by atoms with Crippen molar-refractivity contribution in [2.24, 2.45) is 0 Å². The fourth-order valence-corrected chi connectivity index (χ4v) is 6.05. The van der Waals surface area contributed by atoms with Gasteiger partial charge in [-0.3, -0.25) is 18.9 Å². The zero-order valence-corrected chi connectivity index (χ0v) is 22.7. The highest BCUT2D eigenvalue weighted by Crippen LogP contribution is 2.35. The second-order valence-electron chi connectivity index (χ2n) is 9.06. The van der Waals surface area contributed by atoms with E-state index in [4.69, 9.17) is 21.9 Å². The molecule has 0 unspecified atom stereocenters. The topological polar surface area (TPSA) is 70.4 Å². The van der Waals surface area contributed by atoms with Crippen LogP contribution in [0.5, 0.6) is 5.75 Å². The molecule has 2 aromatic heterocycles. The molecule has 1 atom stereocenters. The Kier molecular flexibility index (Phi) is 7.21. The van der Waals surface area contributed by atoms with E-state index in [1.54, 1.807) is 30.3 Å². The molecular formula is C27H29N5O3S2. The number of thioether (sulfide) groups is 1. The van der Waals surface area contributed by atoms with Crippen molar-refractivity contribution < 1.29 is 9.53 Å². The maximum Gasteiger partial charge on any atom is 0.267 e. The second-order valence-corrected chi connectivity index (χ2v) is 10.7. The Morgan fingerprint density at radius 3 is 2.46 bits per heavy atom. The average molecular weight is 536 g/mol. The van der Waals surface area contributed by atoms with Gasteiger partial charge in [-0.1, -0.05) is 37.0 Å². The monoisotopic (exact) mass is 535 g/mol. The van der Waals surface area contributed by atoms with Crippen LogP contribution in [0.3, 0.4) is 0 Å². The van der Waals surface area contributed by atoms with E-state index in [0.29, 0.717) is 39.3 Å². The average Bonchev–Trinajstić information content (AvgIpc) is 3.22. The molecule has 10 heteroatoms. The van der Waals surface area contributed by atoms with Gasteiger partial charge in [0.05, 0.1) is 17.6 Å². The summed E-state index contributed by atoms with van der Waals surface area (Å²) in [6.45, 7) is 6.94. The first kappa shape index (κ1) is 25.3. The molecule has 2 saturated heterocycles. The van der Waals surface area contributed by atoms with E-state index >= 15 is 0 Å². The van der Waals surface area contributed by atoms with Gasteiger partial charge in [0.15, 0.2) is 0 Å². The number of amides is 1. The van der Waals surface area contributed by atoms with Crippen molar-refractivity contribution in [2.75, 3.05) is 43.1 Å². The van der Waals surface area contributed by atoms with Gasteiger partial charge >= 0.3 is 0 Å². The summed E-state index contributed by atoms with van der Waals surface area (Å²) in [6, 6.07) is 13.5. The summed E-state index contributed by atoms with van der Waals surface area (Å²) in [7, 11) is 1.66. The molecule has 1 amide bonds. The molecule has 0 N–H and O–H groups in total. The Balaban J connectivity index is 1.49. The Morgan fingerprint density at radius 1 is 1.08 bits per heavy atom. The second kappa shape index (κ2) is 10.5. The van der Waals surface area contributed by atoms with Crippen molar-refractivity contribution in [1.82, 2.24) is 14.3 Å². The van der Waals surface area contributed by atoms with Crippen LogP contribution in [0, 0.1) is 0 Å². The van der Waals surface area contributed by atoms with Crippen molar-refractivity contribution in [3.05, 3.63) is 69.5 Å². The molecule has 1 aromatic carbocycles. The third kappa shape index (κ3) is 4.83. The quantitative estimate of drug-likeness (QED) is 0.346. The molecule has 5 rings (SSSR count). The van der Waals surface area contributed by atoms with Crippen molar-refractivity contribution in [3.63, 3.8) is 0 Å². The third-order valence-corrected chi connectivity index (χ3v) is 8.23. The number of piperazine rings is 1. The van der Waals surface area contributed by atoms with E-state index in [9.17, 15) is 9.59 Å². The predicted molar refractivity (Wildman–Crippen MR) is 154 cm³/mol. The van der Waals surface area contributed by atoms with E-state index in [1.165, 1.54) is 16.2 Å². The van der Waals surface area contributed by atoms with Crippen LogP contribution >= 0.6 is 24.0 Å². The molecular weight excluding hydrogens is 506 g/mol. The first-order valence-electron chi connectivity index (χ1n) is 12.3. The number of rotatable bonds is 6. The van der Waals surface area contributed by atoms with Gasteiger partial charge in [0.25, 0.3) is 11.5 Å².